The molecule has 0 saturated heterocycles. The molecule has 1 radical (unpaired) electrons. The molecule has 0 saturated carbocycles. The van der Waals surface area contributed by atoms with Crippen molar-refractivity contribution in [2.24, 2.45) is 0 Å². The van der Waals surface area contributed by atoms with E-state index < -0.39 is 12.1 Å². The SMILES string of the molecule is C1=CC2=CN3c4ccccc4CC3N2C=C1.C=C1Oc2ccccc2[C-]=C1c1ccccn1.CC(C)c1cccc(C(C)C)c1N1C=CN2Cc3ccccc3C21.CC(C)n1nc2c3ccccc3c3cccc4c3c2[n+]1C4.[2H]c1c([2H])c([2H])c2c(c1[2H])C[n+]1c([2H])c([2H])c([2H])c([2H])c1-2.[Ir].[c-]1ccccc1-c1ccccn1. The van der Waals surface area contributed by atoms with Gasteiger partial charge >= 0.3 is 0 Å². The number of allylic oxidation sites excluding steroid dienone is 4. The Balaban J connectivity index is 0.000000107. The van der Waals surface area contributed by atoms with Gasteiger partial charge in [-0.15, -0.1) is 52.7 Å². The summed E-state index contributed by atoms with van der Waals surface area (Å²) < 4.78 is 71.8. The van der Waals surface area contributed by atoms with Gasteiger partial charge in [-0.3, -0.25) is 4.98 Å². The van der Waals surface area contributed by atoms with Crippen LogP contribution in [0.15, 0.2) is 316 Å². The van der Waals surface area contributed by atoms with Crippen molar-refractivity contribution in [3.8, 4) is 28.3 Å². The first-order valence-corrected chi connectivity index (χ1v) is 35.2. The Kier molecular flexibility index (Phi) is 16.9. The molecule has 9 aromatic carbocycles. The molecule has 0 N–H and O–H groups in total. The Morgan fingerprint density at radius 2 is 1.30 bits per heavy atom. The van der Waals surface area contributed by atoms with Crippen LogP contribution in [-0.4, -0.2) is 35.8 Å². The first kappa shape index (κ1) is 59.0. The average Bonchev–Trinajstić information content (AvgIpc) is 1.56. The summed E-state index contributed by atoms with van der Waals surface area (Å²) >= 11 is 0. The van der Waals surface area contributed by atoms with E-state index >= 15 is 0 Å². The Bertz CT molecular complexity index is 5870. The fourth-order valence-corrected chi connectivity index (χ4v) is 14.9. The summed E-state index contributed by atoms with van der Waals surface area (Å²) in [6, 6.07) is 68.0. The molecule has 12 heterocycles. The first-order valence-electron chi connectivity index (χ1n) is 39.2. The van der Waals surface area contributed by atoms with E-state index in [0.29, 0.717) is 41.5 Å². The second-order valence-corrected chi connectivity index (χ2v) is 27.1. The van der Waals surface area contributed by atoms with Crippen LogP contribution in [0.25, 0.3) is 60.7 Å². The molecule has 0 aliphatic carbocycles. The number of hydrogen-bond donors (Lipinski definition) is 0. The number of aromatic nitrogens is 6. The summed E-state index contributed by atoms with van der Waals surface area (Å²) in [5, 5.41) is 10.2. The van der Waals surface area contributed by atoms with E-state index in [-0.39, 0.29) is 74.3 Å². The second-order valence-electron chi connectivity index (χ2n) is 27.1. The number of fused-ring (bicyclic) bond motifs is 15. The molecule has 2 unspecified atom stereocenters. The van der Waals surface area contributed by atoms with Crippen molar-refractivity contribution in [3.05, 3.63) is 378 Å². The monoisotopic (exact) mass is 1540 g/mol. The van der Waals surface area contributed by atoms with E-state index in [1.807, 2.05) is 84.9 Å². The van der Waals surface area contributed by atoms with Crippen molar-refractivity contribution >= 4 is 49.5 Å². The normalized spacial score (nSPS) is 16.7. The van der Waals surface area contributed by atoms with Crippen LogP contribution in [0.5, 0.6) is 5.75 Å². The molecule has 11 nitrogen and oxygen atoms in total. The fourth-order valence-electron chi connectivity index (χ4n) is 14.9. The van der Waals surface area contributed by atoms with Crippen molar-refractivity contribution in [3.63, 3.8) is 0 Å². The van der Waals surface area contributed by atoms with Crippen LogP contribution >= 0.6 is 0 Å². The number of para-hydroxylation sites is 3. The molecular weight excluding hydrogens is 1450 g/mol. The van der Waals surface area contributed by atoms with Gasteiger partial charge in [-0.2, -0.15) is 4.57 Å². The smallest absolute Gasteiger partial charge is 0.257 e. The predicted molar refractivity (Wildman–Crippen MR) is 416 cm³/mol. The second kappa shape index (κ2) is 29.8. The Morgan fingerprint density at radius 3 is 2.08 bits per heavy atom. The summed E-state index contributed by atoms with van der Waals surface area (Å²) in [6.07, 6.45) is 23.7. The number of anilines is 2. The van der Waals surface area contributed by atoms with Gasteiger partial charge in [0.1, 0.15) is 26.3 Å². The van der Waals surface area contributed by atoms with E-state index in [2.05, 4.69) is 252 Å². The minimum atomic E-state index is -0.411. The van der Waals surface area contributed by atoms with Gasteiger partial charge in [0.25, 0.3) is 5.52 Å². The quantitative estimate of drug-likeness (QED) is 0.0926. The molecule has 8 aliphatic rings. The first-order chi connectivity index (χ1) is 53.8. The van der Waals surface area contributed by atoms with Crippen molar-refractivity contribution in [2.45, 2.75) is 97.8 Å². The number of nitrogens with zero attached hydrogens (tertiary/aromatic N) is 10. The van der Waals surface area contributed by atoms with Crippen molar-refractivity contribution in [1.82, 2.24) is 29.7 Å². The number of benzene rings is 9. The topological polar surface area (TPSA) is 73.6 Å². The minimum absolute atomic E-state index is 0. The third-order valence-corrected chi connectivity index (χ3v) is 19.6. The van der Waals surface area contributed by atoms with Crippen LogP contribution in [0, 0.1) is 12.1 Å². The number of hydrogen-bond acceptors (Lipinski definition) is 8. The van der Waals surface area contributed by atoms with Crippen molar-refractivity contribution < 1.29 is 45.1 Å². The molecule has 0 amide bonds. The van der Waals surface area contributed by atoms with Gasteiger partial charge < -0.3 is 29.3 Å². The van der Waals surface area contributed by atoms with Crippen LogP contribution in [0.2, 0.25) is 0 Å². The zero-order chi connectivity index (χ0) is 77.0. The van der Waals surface area contributed by atoms with Gasteiger partial charge in [0.05, 0.1) is 32.4 Å². The van der Waals surface area contributed by atoms with Gasteiger partial charge in [0.15, 0.2) is 12.7 Å². The van der Waals surface area contributed by atoms with E-state index in [1.54, 1.807) is 12.4 Å². The Labute approximate surface area is 634 Å². The van der Waals surface area contributed by atoms with Gasteiger partial charge in [0.2, 0.25) is 11.2 Å². The molecule has 21 rings (SSSR count). The van der Waals surface area contributed by atoms with Gasteiger partial charge in [-0.1, -0.05) is 209 Å². The summed E-state index contributed by atoms with van der Waals surface area (Å²) in [4.78, 5) is 20.3. The van der Waals surface area contributed by atoms with Crippen LogP contribution in [0.3, 0.4) is 0 Å². The van der Waals surface area contributed by atoms with Crippen LogP contribution in [0.4, 0.5) is 11.4 Å². The minimum Gasteiger partial charge on any atom is -0.527 e. The molecule has 8 aliphatic heterocycles. The van der Waals surface area contributed by atoms with Crippen molar-refractivity contribution in [1.29, 1.82) is 0 Å². The Hall–Kier alpha value is -11.6. The fraction of sp³-hybridized carbons (Fsp3) is 0.163. The molecule has 12 heteroatoms. The Morgan fingerprint density at radius 1 is 0.606 bits per heavy atom. The van der Waals surface area contributed by atoms with Gasteiger partial charge in [-0.25, -0.2) is 0 Å². The number of pyridine rings is 3. The number of rotatable bonds is 6. The largest absolute Gasteiger partial charge is 0.527 e. The van der Waals surface area contributed by atoms with Crippen LogP contribution in [-0.2, 0) is 46.2 Å². The molecule has 2 atom stereocenters. The number of ether oxygens (including phenoxy) is 1. The van der Waals surface area contributed by atoms with Gasteiger partial charge in [0, 0.05) is 132 Å². The van der Waals surface area contributed by atoms with Gasteiger partial charge in [-0.05, 0) is 118 Å². The maximum Gasteiger partial charge on any atom is 0.257 e. The summed E-state index contributed by atoms with van der Waals surface area (Å²) in [6.45, 7) is 19.4. The maximum absolute atomic E-state index is 7.98. The average molecular weight is 1540 g/mol. The molecule has 515 valence electrons. The van der Waals surface area contributed by atoms with E-state index in [4.69, 9.17) is 20.8 Å². The summed E-state index contributed by atoms with van der Waals surface area (Å²) in [5.74, 6) is 2.40. The zero-order valence-corrected chi connectivity index (χ0v) is 61.2. The molecule has 0 fully saturated rings. The molecule has 4 aromatic heterocycles. The van der Waals surface area contributed by atoms with Crippen LogP contribution < -0.4 is 23.8 Å². The molecule has 0 bridgehead atoms. The molecule has 0 spiro atoms. The maximum atomic E-state index is 7.98. The van der Waals surface area contributed by atoms with E-state index in [1.165, 1.54) is 82.1 Å². The molecular formula is C92H82IrN10O. The standard InChI is InChI=1S/C22H26N2.C18H16N3.C15H10NO.C14H12N2.C12H10N.C11H8N.Ir/c1-15(2)18-10-7-11-19(16(3)4)21(18)24-13-12-23-14-17-8-5-6-9-20(17)22(23)24;1-11(2)21-19-17-15-8-4-3-7-13(15)14-9-5-6-12-10-20(21)18(17)16(12)14;1-11-13(14-7-4-5-9-16-14)10-12-6-2-3-8-15(12)17-11;1-2-7-13-11(5-1)9-14-15-8-4-3-6-12(15)10-16(13)14;1-2-6-11-10(5-1)9-13-8-4-3-7-12(11)13;1-2-6-10(7-3-1)11-8-4-5-9-12-11;/h5-13,15-16,22H,14H2,1-4H3;3-9,11H,10H2,1-2H3;2-9H,1H2;1-8,10,14H,9H2;1-8H,9H2;1-6,8-9H;/q;+1;-1;;+1;-1;/i;;;;1D,2D,3D,4D,5D,6D,7D,8D;;. The molecule has 13 aromatic rings. The predicted octanol–water partition coefficient (Wildman–Crippen LogP) is 19.7. The van der Waals surface area contributed by atoms with Crippen molar-refractivity contribution in [2.75, 3.05) is 9.80 Å². The van der Waals surface area contributed by atoms with Crippen LogP contribution in [0.1, 0.15) is 127 Å². The summed E-state index contributed by atoms with van der Waals surface area (Å²) in [7, 11) is 0. The zero-order valence-electron chi connectivity index (χ0n) is 66.8. The third kappa shape index (κ3) is 13.2. The van der Waals surface area contributed by atoms with E-state index in [0.717, 1.165) is 58.9 Å². The van der Waals surface area contributed by atoms with E-state index in [9.17, 15) is 0 Å². The third-order valence-electron chi connectivity index (χ3n) is 19.6. The molecule has 104 heavy (non-hydrogen) atoms. The summed E-state index contributed by atoms with van der Waals surface area (Å²) in [5.41, 5.74) is 20.3.